The molecule has 17 heavy (non-hydrogen) atoms. The van der Waals surface area contributed by atoms with Gasteiger partial charge in [-0.05, 0) is 27.7 Å². The van der Waals surface area contributed by atoms with Crippen molar-refractivity contribution in [1.29, 1.82) is 0 Å². The second kappa shape index (κ2) is 4.98. The molecule has 0 radical (unpaired) electrons. The van der Waals surface area contributed by atoms with Gasteiger partial charge >= 0.3 is 0 Å². The molecule has 2 aromatic rings. The van der Waals surface area contributed by atoms with Crippen LogP contribution in [0.3, 0.4) is 0 Å². The van der Waals surface area contributed by atoms with Crippen LogP contribution >= 0.6 is 11.3 Å². The van der Waals surface area contributed by atoms with Crippen molar-refractivity contribution in [3.8, 4) is 0 Å². The van der Waals surface area contributed by atoms with Gasteiger partial charge in [-0.25, -0.2) is 9.97 Å². The third-order valence-corrected chi connectivity index (χ3v) is 3.80. The van der Waals surface area contributed by atoms with Crippen LogP contribution in [0.4, 0.5) is 0 Å². The second-order valence-corrected chi connectivity index (χ2v) is 5.11. The molecule has 2 atom stereocenters. The summed E-state index contributed by atoms with van der Waals surface area (Å²) in [4.78, 5) is 9.76. The van der Waals surface area contributed by atoms with Gasteiger partial charge in [-0.15, -0.1) is 11.3 Å². The van der Waals surface area contributed by atoms with Gasteiger partial charge in [0.05, 0.1) is 23.4 Å². The average molecular weight is 251 g/mol. The van der Waals surface area contributed by atoms with Gasteiger partial charge in [-0.2, -0.15) is 0 Å². The van der Waals surface area contributed by atoms with E-state index in [9.17, 15) is 0 Å². The van der Waals surface area contributed by atoms with E-state index in [4.69, 9.17) is 4.42 Å². The van der Waals surface area contributed by atoms with E-state index >= 15 is 0 Å². The molecule has 0 aliphatic rings. The number of nitrogens with one attached hydrogen (secondary N) is 1. The molecule has 2 heterocycles. The van der Waals surface area contributed by atoms with Gasteiger partial charge in [0.15, 0.2) is 0 Å². The molecule has 2 unspecified atom stereocenters. The Morgan fingerprint density at radius 2 is 2.00 bits per heavy atom. The molecule has 1 N–H and O–H groups in total. The number of oxazole rings is 1. The van der Waals surface area contributed by atoms with E-state index in [1.165, 1.54) is 4.88 Å². The van der Waals surface area contributed by atoms with E-state index in [1.807, 2.05) is 19.4 Å². The molecule has 0 fully saturated rings. The minimum atomic E-state index is 0.0974. The predicted octanol–water partition coefficient (Wildman–Crippen LogP) is 3.16. The lowest BCUT2D eigenvalue weighted by molar-refractivity contribution is 0.381. The van der Waals surface area contributed by atoms with Crippen molar-refractivity contribution in [2.24, 2.45) is 0 Å². The van der Waals surface area contributed by atoms with Gasteiger partial charge in [0.2, 0.25) is 5.89 Å². The van der Waals surface area contributed by atoms with Crippen molar-refractivity contribution in [3.05, 3.63) is 33.9 Å². The zero-order chi connectivity index (χ0) is 12.4. The summed E-state index contributed by atoms with van der Waals surface area (Å²) >= 11 is 1.68. The van der Waals surface area contributed by atoms with Crippen molar-refractivity contribution in [2.45, 2.75) is 39.8 Å². The fourth-order valence-corrected chi connectivity index (χ4v) is 2.64. The van der Waals surface area contributed by atoms with Crippen molar-refractivity contribution in [3.63, 3.8) is 0 Å². The van der Waals surface area contributed by atoms with Crippen LogP contribution in [0, 0.1) is 13.8 Å². The highest BCUT2D eigenvalue weighted by Gasteiger charge is 2.17. The van der Waals surface area contributed by atoms with Crippen molar-refractivity contribution >= 4 is 11.3 Å². The average Bonchev–Trinajstić information content (AvgIpc) is 2.86. The maximum atomic E-state index is 5.51. The lowest BCUT2D eigenvalue weighted by Crippen LogP contribution is -2.22. The smallest absolute Gasteiger partial charge is 0.211 e. The number of hydrogen-bond acceptors (Lipinski definition) is 5. The minimum absolute atomic E-state index is 0.0974. The van der Waals surface area contributed by atoms with Crippen molar-refractivity contribution in [2.75, 3.05) is 0 Å². The van der Waals surface area contributed by atoms with Crippen LogP contribution < -0.4 is 5.32 Å². The van der Waals surface area contributed by atoms with Crippen LogP contribution in [0.1, 0.15) is 48.2 Å². The molecule has 0 amide bonds. The molecule has 0 saturated heterocycles. The summed E-state index contributed by atoms with van der Waals surface area (Å²) in [7, 11) is 0. The largest absolute Gasteiger partial charge is 0.444 e. The SMILES string of the molecule is Cc1cnc(C(C)NC(C)c2scnc2C)o1. The molecule has 2 aromatic heterocycles. The van der Waals surface area contributed by atoms with Gasteiger partial charge in [0, 0.05) is 10.9 Å². The number of thiazole rings is 1. The van der Waals surface area contributed by atoms with Crippen molar-refractivity contribution in [1.82, 2.24) is 15.3 Å². The Morgan fingerprint density at radius 3 is 2.53 bits per heavy atom. The number of hydrogen-bond donors (Lipinski definition) is 1. The summed E-state index contributed by atoms with van der Waals surface area (Å²) in [5.41, 5.74) is 2.97. The molecule has 0 aliphatic heterocycles. The Bertz CT molecular complexity index is 491. The highest BCUT2D eigenvalue weighted by Crippen LogP contribution is 2.24. The van der Waals surface area contributed by atoms with Crippen LogP contribution in [0.2, 0.25) is 0 Å². The minimum Gasteiger partial charge on any atom is -0.444 e. The van der Waals surface area contributed by atoms with E-state index in [1.54, 1.807) is 17.5 Å². The summed E-state index contributed by atoms with van der Waals surface area (Å²) in [6, 6.07) is 0.352. The first-order valence-electron chi connectivity index (χ1n) is 5.66. The van der Waals surface area contributed by atoms with Crippen LogP contribution in [0.15, 0.2) is 16.1 Å². The molecule has 0 spiro atoms. The molecule has 0 aromatic carbocycles. The Morgan fingerprint density at radius 1 is 1.24 bits per heavy atom. The third-order valence-electron chi connectivity index (χ3n) is 2.69. The molecule has 0 saturated carbocycles. The molecule has 5 heteroatoms. The highest BCUT2D eigenvalue weighted by atomic mass is 32.1. The van der Waals surface area contributed by atoms with Crippen LogP contribution in [0.25, 0.3) is 0 Å². The summed E-state index contributed by atoms with van der Waals surface area (Å²) in [5, 5.41) is 3.47. The molecular weight excluding hydrogens is 234 g/mol. The van der Waals surface area contributed by atoms with E-state index in [0.717, 1.165) is 17.3 Å². The monoisotopic (exact) mass is 251 g/mol. The maximum absolute atomic E-state index is 5.51. The maximum Gasteiger partial charge on any atom is 0.211 e. The summed E-state index contributed by atoms with van der Waals surface area (Å²) in [6.07, 6.45) is 1.75. The van der Waals surface area contributed by atoms with Gasteiger partial charge in [0.25, 0.3) is 0 Å². The normalized spacial score (nSPS) is 14.8. The van der Waals surface area contributed by atoms with E-state index in [2.05, 4.69) is 29.1 Å². The zero-order valence-corrected chi connectivity index (χ0v) is 11.3. The Kier molecular flexibility index (Phi) is 3.59. The third kappa shape index (κ3) is 2.73. The Balaban J connectivity index is 2.04. The van der Waals surface area contributed by atoms with E-state index in [-0.39, 0.29) is 12.1 Å². The predicted molar refractivity (Wildman–Crippen MR) is 68.1 cm³/mol. The number of nitrogens with zero attached hydrogens (tertiary/aromatic N) is 2. The quantitative estimate of drug-likeness (QED) is 0.906. The first kappa shape index (κ1) is 12.3. The fourth-order valence-electron chi connectivity index (χ4n) is 1.82. The number of aryl methyl sites for hydroxylation is 2. The molecule has 2 rings (SSSR count). The summed E-state index contributed by atoms with van der Waals surface area (Å²) < 4.78 is 5.51. The first-order chi connectivity index (χ1) is 8.08. The molecule has 4 nitrogen and oxygen atoms in total. The Labute approximate surface area is 105 Å². The lowest BCUT2D eigenvalue weighted by Gasteiger charge is -2.17. The van der Waals surface area contributed by atoms with Gasteiger partial charge in [0.1, 0.15) is 5.76 Å². The first-order valence-corrected chi connectivity index (χ1v) is 6.54. The van der Waals surface area contributed by atoms with Crippen LogP contribution in [0.5, 0.6) is 0 Å². The summed E-state index contributed by atoms with van der Waals surface area (Å²) in [6.45, 7) is 8.12. The molecule has 0 bridgehead atoms. The van der Waals surface area contributed by atoms with Gasteiger partial charge < -0.3 is 4.42 Å². The van der Waals surface area contributed by atoms with Crippen LogP contribution in [-0.2, 0) is 0 Å². The van der Waals surface area contributed by atoms with Gasteiger partial charge in [-0.3, -0.25) is 5.32 Å². The topological polar surface area (TPSA) is 51.0 Å². The van der Waals surface area contributed by atoms with E-state index < -0.39 is 0 Å². The van der Waals surface area contributed by atoms with Gasteiger partial charge in [-0.1, -0.05) is 0 Å². The summed E-state index contributed by atoms with van der Waals surface area (Å²) in [5.74, 6) is 1.58. The number of rotatable bonds is 4. The standard InChI is InChI=1S/C12H17N3OS/c1-7-5-13-12(16-7)10(4)15-9(3)11-8(2)14-6-17-11/h5-6,9-10,15H,1-4H3. The molecule has 0 aliphatic carbocycles. The number of aromatic nitrogens is 2. The highest BCUT2D eigenvalue weighted by molar-refractivity contribution is 7.09. The zero-order valence-electron chi connectivity index (χ0n) is 10.5. The molecule has 92 valence electrons. The van der Waals surface area contributed by atoms with E-state index in [0.29, 0.717) is 0 Å². The second-order valence-electron chi connectivity index (χ2n) is 4.22. The molecular formula is C12H17N3OS. The van der Waals surface area contributed by atoms with Crippen LogP contribution in [-0.4, -0.2) is 9.97 Å². The lowest BCUT2D eigenvalue weighted by atomic mass is 10.2. The Hall–Kier alpha value is -1.20. The van der Waals surface area contributed by atoms with Crippen molar-refractivity contribution < 1.29 is 4.42 Å². The fraction of sp³-hybridized carbons (Fsp3) is 0.500.